The predicted molar refractivity (Wildman–Crippen MR) is 101 cm³/mol. The Kier molecular flexibility index (Phi) is 5.14. The first-order chi connectivity index (χ1) is 12.1. The van der Waals surface area contributed by atoms with Crippen LogP contribution in [0.2, 0.25) is 5.02 Å². The Labute approximate surface area is 152 Å². The molecule has 25 heavy (non-hydrogen) atoms. The maximum Gasteiger partial charge on any atom is 0.203 e. The van der Waals surface area contributed by atoms with Gasteiger partial charge in [0.2, 0.25) is 5.95 Å². The fourth-order valence-corrected chi connectivity index (χ4v) is 2.76. The minimum absolute atomic E-state index is 0.595. The van der Waals surface area contributed by atoms with Gasteiger partial charge >= 0.3 is 0 Å². The molecule has 1 N–H and O–H groups in total. The highest BCUT2D eigenvalue weighted by Gasteiger charge is 2.10. The molecule has 0 unspecified atom stereocenters. The molecule has 0 bridgehead atoms. The Balaban J connectivity index is 1.77. The Hall–Kier alpha value is -2.66. The summed E-state index contributed by atoms with van der Waals surface area (Å²) in [7, 11) is 5.26. The average molecular weight is 358 g/mol. The number of rotatable bonds is 6. The van der Waals surface area contributed by atoms with Crippen LogP contribution in [0.3, 0.4) is 0 Å². The molecule has 3 rings (SSSR count). The molecule has 0 aliphatic heterocycles. The monoisotopic (exact) mass is 357 g/mol. The lowest BCUT2D eigenvalue weighted by Crippen LogP contribution is -2.07. The van der Waals surface area contributed by atoms with E-state index in [4.69, 9.17) is 21.1 Å². The number of nitrogens with zero attached hydrogens (tertiary/aromatic N) is 2. The van der Waals surface area contributed by atoms with Gasteiger partial charge in [0, 0.05) is 30.2 Å². The SMILES string of the molecule is COc1ccc(CNc2ncc(-c3ccc(Cl)cc3)n2C)c(OC)c1. The smallest absolute Gasteiger partial charge is 0.203 e. The van der Waals surface area contributed by atoms with Gasteiger partial charge in [0.1, 0.15) is 11.5 Å². The quantitative estimate of drug-likeness (QED) is 0.711. The Morgan fingerprint density at radius 2 is 1.84 bits per heavy atom. The molecule has 0 aliphatic rings. The minimum Gasteiger partial charge on any atom is -0.497 e. The Morgan fingerprint density at radius 1 is 1.08 bits per heavy atom. The van der Waals surface area contributed by atoms with E-state index in [1.165, 1.54) is 0 Å². The van der Waals surface area contributed by atoms with E-state index >= 15 is 0 Å². The highest BCUT2D eigenvalue weighted by molar-refractivity contribution is 6.30. The van der Waals surface area contributed by atoms with Crippen molar-refractivity contribution in [3.63, 3.8) is 0 Å². The second kappa shape index (κ2) is 7.49. The second-order valence-electron chi connectivity index (χ2n) is 5.56. The molecule has 0 aliphatic carbocycles. The third kappa shape index (κ3) is 3.72. The Bertz CT molecular complexity index is 860. The van der Waals surface area contributed by atoms with Crippen LogP contribution in [-0.2, 0) is 13.6 Å². The molecule has 6 heteroatoms. The number of imidazole rings is 1. The molecule has 0 fully saturated rings. The van der Waals surface area contributed by atoms with Crippen molar-refractivity contribution in [3.8, 4) is 22.8 Å². The standard InChI is InChI=1S/C19H20ClN3O2/c1-23-17(13-4-7-15(20)8-5-13)12-22-19(23)21-11-14-6-9-16(24-2)10-18(14)25-3/h4-10,12H,11H2,1-3H3,(H,21,22). The molecule has 0 radical (unpaired) electrons. The van der Waals surface area contributed by atoms with Gasteiger partial charge in [-0.3, -0.25) is 0 Å². The first-order valence-corrected chi connectivity index (χ1v) is 8.22. The minimum atomic E-state index is 0.595. The summed E-state index contributed by atoms with van der Waals surface area (Å²) < 4.78 is 12.7. The van der Waals surface area contributed by atoms with Crippen molar-refractivity contribution in [1.82, 2.24) is 9.55 Å². The van der Waals surface area contributed by atoms with Gasteiger partial charge < -0.3 is 19.4 Å². The number of methoxy groups -OCH3 is 2. The van der Waals surface area contributed by atoms with E-state index < -0.39 is 0 Å². The summed E-state index contributed by atoms with van der Waals surface area (Å²) in [6, 6.07) is 13.5. The summed E-state index contributed by atoms with van der Waals surface area (Å²) in [4.78, 5) is 4.47. The van der Waals surface area contributed by atoms with Gasteiger partial charge in [0.15, 0.2) is 0 Å². The van der Waals surface area contributed by atoms with E-state index in [1.807, 2.05) is 60.3 Å². The number of hydrogen-bond donors (Lipinski definition) is 1. The van der Waals surface area contributed by atoms with Crippen molar-refractivity contribution in [2.45, 2.75) is 6.54 Å². The lowest BCUT2D eigenvalue weighted by molar-refractivity contribution is 0.391. The van der Waals surface area contributed by atoms with E-state index in [9.17, 15) is 0 Å². The molecule has 0 saturated heterocycles. The first-order valence-electron chi connectivity index (χ1n) is 7.85. The molecule has 2 aromatic carbocycles. The van der Waals surface area contributed by atoms with Crippen molar-refractivity contribution < 1.29 is 9.47 Å². The molecule has 0 amide bonds. The molecule has 0 atom stereocenters. The summed E-state index contributed by atoms with van der Waals surface area (Å²) in [6.45, 7) is 0.595. The van der Waals surface area contributed by atoms with Gasteiger partial charge in [-0.25, -0.2) is 4.98 Å². The van der Waals surface area contributed by atoms with Crippen molar-refractivity contribution in [2.75, 3.05) is 19.5 Å². The van der Waals surface area contributed by atoms with Crippen molar-refractivity contribution >= 4 is 17.5 Å². The van der Waals surface area contributed by atoms with Crippen LogP contribution in [0.5, 0.6) is 11.5 Å². The fourth-order valence-electron chi connectivity index (χ4n) is 2.63. The van der Waals surface area contributed by atoms with E-state index in [0.29, 0.717) is 6.54 Å². The molecule has 0 saturated carbocycles. The van der Waals surface area contributed by atoms with Crippen LogP contribution in [0.15, 0.2) is 48.7 Å². The largest absolute Gasteiger partial charge is 0.497 e. The zero-order valence-corrected chi connectivity index (χ0v) is 15.2. The number of halogens is 1. The topological polar surface area (TPSA) is 48.3 Å². The van der Waals surface area contributed by atoms with Crippen LogP contribution >= 0.6 is 11.6 Å². The molecule has 0 spiro atoms. The fraction of sp³-hybridized carbons (Fsp3) is 0.211. The van der Waals surface area contributed by atoms with Crippen LogP contribution in [0.1, 0.15) is 5.56 Å². The van der Waals surface area contributed by atoms with E-state index in [2.05, 4.69) is 10.3 Å². The first kappa shape index (κ1) is 17.2. The lowest BCUT2D eigenvalue weighted by atomic mass is 10.2. The van der Waals surface area contributed by atoms with Crippen molar-refractivity contribution in [3.05, 3.63) is 59.2 Å². The van der Waals surface area contributed by atoms with Crippen LogP contribution in [-0.4, -0.2) is 23.8 Å². The summed E-state index contributed by atoms with van der Waals surface area (Å²) in [5.41, 5.74) is 3.11. The molecular formula is C19H20ClN3O2. The summed E-state index contributed by atoms with van der Waals surface area (Å²) >= 11 is 5.96. The van der Waals surface area contributed by atoms with Gasteiger partial charge in [0.25, 0.3) is 0 Å². The highest BCUT2D eigenvalue weighted by Crippen LogP contribution is 2.27. The van der Waals surface area contributed by atoms with Crippen LogP contribution in [0.25, 0.3) is 11.3 Å². The number of hydrogen-bond acceptors (Lipinski definition) is 4. The summed E-state index contributed by atoms with van der Waals surface area (Å²) in [6.07, 6.45) is 1.84. The van der Waals surface area contributed by atoms with Crippen LogP contribution in [0.4, 0.5) is 5.95 Å². The second-order valence-corrected chi connectivity index (χ2v) is 6.00. The zero-order chi connectivity index (χ0) is 17.8. The molecule has 130 valence electrons. The normalized spacial score (nSPS) is 10.6. The molecule has 5 nitrogen and oxygen atoms in total. The van der Waals surface area contributed by atoms with Gasteiger partial charge in [-0.1, -0.05) is 23.7 Å². The highest BCUT2D eigenvalue weighted by atomic mass is 35.5. The zero-order valence-electron chi connectivity index (χ0n) is 14.4. The third-order valence-corrected chi connectivity index (χ3v) is 4.31. The Morgan fingerprint density at radius 3 is 2.52 bits per heavy atom. The summed E-state index contributed by atoms with van der Waals surface area (Å²) in [5, 5.41) is 4.07. The summed E-state index contributed by atoms with van der Waals surface area (Å²) in [5.74, 6) is 2.32. The van der Waals surface area contributed by atoms with Crippen LogP contribution in [0, 0.1) is 0 Å². The number of ether oxygens (including phenoxy) is 2. The molecule has 3 aromatic rings. The maximum atomic E-state index is 5.96. The third-order valence-electron chi connectivity index (χ3n) is 4.06. The van der Waals surface area contributed by atoms with Crippen LogP contribution < -0.4 is 14.8 Å². The maximum absolute atomic E-state index is 5.96. The number of aromatic nitrogens is 2. The van der Waals surface area contributed by atoms with Crippen molar-refractivity contribution in [1.29, 1.82) is 0 Å². The number of nitrogens with one attached hydrogen (secondary N) is 1. The lowest BCUT2D eigenvalue weighted by Gasteiger charge is -2.12. The molecule has 1 aromatic heterocycles. The van der Waals surface area contributed by atoms with E-state index in [-0.39, 0.29) is 0 Å². The van der Waals surface area contributed by atoms with E-state index in [1.54, 1.807) is 14.2 Å². The van der Waals surface area contributed by atoms with Gasteiger partial charge in [-0.15, -0.1) is 0 Å². The number of benzene rings is 2. The van der Waals surface area contributed by atoms with E-state index in [0.717, 1.165) is 39.3 Å². The molecular weight excluding hydrogens is 338 g/mol. The average Bonchev–Trinajstić information content (AvgIpc) is 3.01. The predicted octanol–water partition coefficient (Wildman–Crippen LogP) is 4.37. The number of anilines is 1. The van der Waals surface area contributed by atoms with Gasteiger partial charge in [0.05, 0.1) is 26.1 Å². The van der Waals surface area contributed by atoms with Crippen molar-refractivity contribution in [2.24, 2.45) is 7.05 Å². The molecule has 1 heterocycles. The van der Waals surface area contributed by atoms with Gasteiger partial charge in [-0.2, -0.15) is 0 Å². The van der Waals surface area contributed by atoms with Gasteiger partial charge in [-0.05, 0) is 29.8 Å².